The van der Waals surface area contributed by atoms with Crippen LogP contribution in [0.2, 0.25) is 0 Å². The molecular formula is C14H27N2P. The third kappa shape index (κ3) is 6.98. The molecule has 3 heteroatoms. The van der Waals surface area contributed by atoms with Crippen molar-refractivity contribution in [3.05, 3.63) is 23.3 Å². The highest BCUT2D eigenvalue weighted by Crippen LogP contribution is 2.42. The van der Waals surface area contributed by atoms with Crippen molar-refractivity contribution in [2.45, 2.75) is 39.2 Å². The molecular weight excluding hydrogens is 227 g/mol. The van der Waals surface area contributed by atoms with Crippen molar-refractivity contribution in [2.75, 3.05) is 26.7 Å². The monoisotopic (exact) mass is 254 g/mol. The number of rotatable bonds is 10. The van der Waals surface area contributed by atoms with E-state index >= 15 is 0 Å². The standard InChI is InChI=1S/C14H27N2P/c1-4-7-13(9-10-15-5-2)16(3)11-6-8-14-12-17-14/h6,8,12-13,15,17H,4-5,7,9-11H2,1-3H3/b8-6-. The van der Waals surface area contributed by atoms with Gasteiger partial charge in [-0.15, -0.1) is 0 Å². The Kier molecular flexibility index (Phi) is 7.75. The van der Waals surface area contributed by atoms with Crippen LogP contribution in [-0.2, 0) is 0 Å². The highest BCUT2D eigenvalue weighted by atomic mass is 31.1. The summed E-state index contributed by atoms with van der Waals surface area (Å²) in [5.41, 5.74) is 0. The van der Waals surface area contributed by atoms with E-state index < -0.39 is 0 Å². The predicted octanol–water partition coefficient (Wildman–Crippen LogP) is 3.18. The van der Waals surface area contributed by atoms with Gasteiger partial charge in [0.15, 0.2) is 0 Å². The Morgan fingerprint density at radius 2 is 2.18 bits per heavy atom. The van der Waals surface area contributed by atoms with E-state index in [-0.39, 0.29) is 0 Å². The molecule has 2 nitrogen and oxygen atoms in total. The molecule has 2 unspecified atom stereocenters. The third-order valence-corrected chi connectivity index (χ3v) is 3.94. The Morgan fingerprint density at radius 1 is 1.41 bits per heavy atom. The van der Waals surface area contributed by atoms with Crippen LogP contribution in [0.4, 0.5) is 0 Å². The Balaban J connectivity index is 2.24. The van der Waals surface area contributed by atoms with Gasteiger partial charge < -0.3 is 5.32 Å². The summed E-state index contributed by atoms with van der Waals surface area (Å²) in [5, 5.41) is 4.95. The Hall–Kier alpha value is -0.170. The van der Waals surface area contributed by atoms with E-state index in [9.17, 15) is 0 Å². The van der Waals surface area contributed by atoms with Crippen LogP contribution in [0.1, 0.15) is 33.1 Å². The summed E-state index contributed by atoms with van der Waals surface area (Å²) in [6.45, 7) is 7.75. The molecule has 0 aliphatic carbocycles. The zero-order valence-corrected chi connectivity index (χ0v) is 12.5. The van der Waals surface area contributed by atoms with Crippen molar-refractivity contribution in [3.63, 3.8) is 0 Å². The second kappa shape index (κ2) is 8.85. The van der Waals surface area contributed by atoms with E-state index in [4.69, 9.17) is 0 Å². The lowest BCUT2D eigenvalue weighted by Gasteiger charge is -2.27. The Bertz CT molecular complexity index is 261. The molecule has 0 aromatic carbocycles. The topological polar surface area (TPSA) is 15.3 Å². The van der Waals surface area contributed by atoms with Gasteiger partial charge in [-0.3, -0.25) is 4.90 Å². The molecule has 0 saturated heterocycles. The summed E-state index contributed by atoms with van der Waals surface area (Å²) in [4.78, 5) is 2.49. The lowest BCUT2D eigenvalue weighted by Crippen LogP contribution is -2.34. The van der Waals surface area contributed by atoms with Gasteiger partial charge in [0.05, 0.1) is 0 Å². The van der Waals surface area contributed by atoms with Crippen molar-refractivity contribution in [2.24, 2.45) is 0 Å². The highest BCUT2D eigenvalue weighted by molar-refractivity contribution is 7.55. The van der Waals surface area contributed by atoms with Crippen LogP contribution < -0.4 is 5.32 Å². The van der Waals surface area contributed by atoms with Crippen LogP contribution in [-0.4, -0.2) is 37.6 Å². The maximum absolute atomic E-state index is 3.42. The molecule has 1 aliphatic rings. The second-order valence-corrected chi connectivity index (χ2v) is 5.83. The molecule has 0 radical (unpaired) electrons. The number of hydrogen-bond acceptors (Lipinski definition) is 2. The predicted molar refractivity (Wildman–Crippen MR) is 80.0 cm³/mol. The van der Waals surface area contributed by atoms with Crippen molar-refractivity contribution in [1.29, 1.82) is 0 Å². The second-order valence-electron chi connectivity index (χ2n) is 4.67. The van der Waals surface area contributed by atoms with E-state index in [1.54, 1.807) is 0 Å². The number of hydrogen-bond donors (Lipinski definition) is 1. The third-order valence-electron chi connectivity index (χ3n) is 3.15. The van der Waals surface area contributed by atoms with E-state index in [0.29, 0.717) is 0 Å². The molecule has 0 bridgehead atoms. The number of nitrogens with one attached hydrogen (secondary N) is 1. The quantitative estimate of drug-likeness (QED) is 0.476. The smallest absolute Gasteiger partial charge is 0.0166 e. The summed E-state index contributed by atoms with van der Waals surface area (Å²) in [6, 6.07) is 0.722. The minimum atomic E-state index is 0.722. The first-order valence-electron chi connectivity index (χ1n) is 6.82. The van der Waals surface area contributed by atoms with Crippen LogP contribution in [0.5, 0.6) is 0 Å². The maximum atomic E-state index is 3.42. The number of likely N-dealkylation sites (N-methyl/N-ethyl adjacent to an activating group) is 1. The minimum Gasteiger partial charge on any atom is -0.317 e. The van der Waals surface area contributed by atoms with Crippen molar-refractivity contribution in [3.8, 4) is 0 Å². The summed E-state index contributed by atoms with van der Waals surface area (Å²) < 4.78 is 0. The molecule has 1 heterocycles. The van der Waals surface area contributed by atoms with Crippen LogP contribution >= 0.6 is 8.58 Å². The molecule has 1 aliphatic heterocycles. The molecule has 0 fully saturated rings. The average Bonchev–Trinajstić information content (AvgIpc) is 3.12. The fourth-order valence-corrected chi connectivity index (χ4v) is 2.39. The molecule has 1 rings (SSSR count). The fourth-order valence-electron chi connectivity index (χ4n) is 2.00. The van der Waals surface area contributed by atoms with Gasteiger partial charge in [-0.25, -0.2) is 0 Å². The normalized spacial score (nSPS) is 18.0. The van der Waals surface area contributed by atoms with E-state index in [1.165, 1.54) is 24.6 Å². The van der Waals surface area contributed by atoms with E-state index in [2.05, 4.69) is 49.1 Å². The zero-order chi connectivity index (χ0) is 12.5. The molecule has 1 N–H and O–H groups in total. The molecule has 2 atom stereocenters. The molecule has 0 aromatic rings. The van der Waals surface area contributed by atoms with Crippen molar-refractivity contribution in [1.82, 2.24) is 10.2 Å². The van der Waals surface area contributed by atoms with Gasteiger partial charge in [-0.2, -0.15) is 0 Å². The fraction of sp³-hybridized carbons (Fsp3) is 0.714. The minimum absolute atomic E-state index is 0.722. The summed E-state index contributed by atoms with van der Waals surface area (Å²) in [5.74, 6) is 2.30. The molecule has 0 spiro atoms. The molecule has 0 aromatic heterocycles. The van der Waals surface area contributed by atoms with Crippen LogP contribution in [0, 0.1) is 0 Å². The first-order valence-corrected chi connectivity index (χ1v) is 7.89. The zero-order valence-electron chi connectivity index (χ0n) is 11.5. The van der Waals surface area contributed by atoms with Crippen LogP contribution in [0.25, 0.3) is 0 Å². The van der Waals surface area contributed by atoms with Crippen LogP contribution in [0.15, 0.2) is 23.3 Å². The van der Waals surface area contributed by atoms with Gasteiger partial charge in [-0.1, -0.05) is 46.8 Å². The lowest BCUT2D eigenvalue weighted by molar-refractivity contribution is 0.237. The summed E-state index contributed by atoms with van der Waals surface area (Å²) in [7, 11) is 3.25. The number of nitrogens with zero attached hydrogens (tertiary/aromatic N) is 1. The molecule has 98 valence electrons. The van der Waals surface area contributed by atoms with Crippen LogP contribution in [0.3, 0.4) is 0 Å². The van der Waals surface area contributed by atoms with E-state index in [0.717, 1.165) is 34.3 Å². The van der Waals surface area contributed by atoms with Gasteiger partial charge in [0.1, 0.15) is 0 Å². The van der Waals surface area contributed by atoms with Gasteiger partial charge in [0.25, 0.3) is 0 Å². The maximum Gasteiger partial charge on any atom is 0.0166 e. The lowest BCUT2D eigenvalue weighted by atomic mass is 10.1. The van der Waals surface area contributed by atoms with Gasteiger partial charge in [0.2, 0.25) is 0 Å². The Labute approximate surface area is 108 Å². The van der Waals surface area contributed by atoms with E-state index in [1.807, 2.05) is 0 Å². The largest absolute Gasteiger partial charge is 0.317 e. The first-order chi connectivity index (χ1) is 8.27. The Morgan fingerprint density at radius 3 is 2.76 bits per heavy atom. The van der Waals surface area contributed by atoms with Crippen molar-refractivity contribution >= 4 is 8.58 Å². The summed E-state index contributed by atoms with van der Waals surface area (Å²) >= 11 is 0. The molecule has 0 amide bonds. The number of allylic oxidation sites excluding steroid dienone is 2. The average molecular weight is 254 g/mol. The molecule has 0 saturated carbocycles. The first kappa shape index (κ1) is 14.9. The SMILES string of the molecule is CCCC(CCNCC)N(C)C/C=C\C1=CP1. The summed E-state index contributed by atoms with van der Waals surface area (Å²) in [6.07, 6.45) is 8.43. The van der Waals surface area contributed by atoms with Crippen molar-refractivity contribution < 1.29 is 0 Å². The van der Waals surface area contributed by atoms with Gasteiger partial charge in [0, 0.05) is 12.6 Å². The highest BCUT2D eigenvalue weighted by Gasteiger charge is 2.12. The van der Waals surface area contributed by atoms with Gasteiger partial charge in [-0.05, 0) is 38.3 Å². The molecule has 17 heavy (non-hydrogen) atoms. The van der Waals surface area contributed by atoms with Gasteiger partial charge >= 0.3 is 0 Å².